The molecule has 0 aromatic rings. The van der Waals surface area contributed by atoms with Gasteiger partial charge >= 0.3 is 23.9 Å². The number of Topliss-reactive ketones (excluding diaryl/α,β-unsaturated/α-hetero) is 3. The van der Waals surface area contributed by atoms with E-state index in [1.165, 1.54) is 13.8 Å². The SMILES string of the molecule is CC(=O)CC(CCCCCC(=O)CONC(=O)CCC#CC#CCO)C(=O)O.CC(=O)NC1CCCCCC(=O)CONC(=O)CCC#CC#CCOC1=O.CC(=O)O.NCCCCC(N)C(=O)OCC#CC#CCCC(=O)NOCC(=O)O. The van der Waals surface area contributed by atoms with Crippen molar-refractivity contribution >= 4 is 70.8 Å². The molecule has 84 heavy (non-hydrogen) atoms. The summed E-state index contributed by atoms with van der Waals surface area (Å²) in [6.45, 7) is 2.80. The highest BCUT2D eigenvalue weighted by molar-refractivity contribution is 5.84. The van der Waals surface area contributed by atoms with E-state index < -0.39 is 66.3 Å². The molecule has 27 nitrogen and oxygen atoms in total. The minimum absolute atomic E-state index is 0.0312. The summed E-state index contributed by atoms with van der Waals surface area (Å²) >= 11 is 0. The van der Waals surface area contributed by atoms with Crippen molar-refractivity contribution in [2.45, 2.75) is 161 Å². The second kappa shape index (κ2) is 56.2. The third-order valence-electron chi connectivity index (χ3n) is 9.79. The highest BCUT2D eigenvalue weighted by Crippen LogP contribution is 2.16. The van der Waals surface area contributed by atoms with Crippen LogP contribution in [-0.2, 0) is 81.5 Å². The Morgan fingerprint density at radius 3 is 1.95 bits per heavy atom. The van der Waals surface area contributed by atoms with Crippen molar-refractivity contribution in [3.63, 3.8) is 0 Å². The lowest BCUT2D eigenvalue weighted by atomic mass is 9.96. The zero-order valence-corrected chi connectivity index (χ0v) is 47.7. The number of cyclic esters (lactones) is 1. The molecule has 1 heterocycles. The topological polar surface area (TPSA) is 432 Å². The fourth-order valence-corrected chi connectivity index (χ4v) is 5.90. The molecule has 1 aliphatic rings. The van der Waals surface area contributed by atoms with Crippen LogP contribution in [-0.4, -0.2) is 150 Å². The molecule has 1 rings (SSSR count). The van der Waals surface area contributed by atoms with Crippen molar-refractivity contribution in [3.05, 3.63) is 0 Å². The Bertz CT molecular complexity index is 2500. The van der Waals surface area contributed by atoms with Crippen molar-refractivity contribution in [2.75, 3.05) is 46.2 Å². The minimum Gasteiger partial charge on any atom is -0.481 e. The van der Waals surface area contributed by atoms with Gasteiger partial charge in [-0.15, -0.1) is 0 Å². The predicted molar refractivity (Wildman–Crippen MR) is 298 cm³/mol. The number of carboxylic acids is 3. The molecule has 0 fully saturated rings. The average Bonchev–Trinajstić information content (AvgIpc) is 3.43. The van der Waals surface area contributed by atoms with Gasteiger partial charge in [0.1, 0.15) is 37.7 Å². The van der Waals surface area contributed by atoms with Crippen LogP contribution in [0.4, 0.5) is 0 Å². The van der Waals surface area contributed by atoms with E-state index in [2.05, 4.69) is 92.2 Å². The van der Waals surface area contributed by atoms with E-state index in [9.17, 15) is 52.7 Å². The maximum Gasteiger partial charge on any atom is 0.332 e. The number of amides is 4. The van der Waals surface area contributed by atoms with Gasteiger partial charge in [-0.3, -0.25) is 57.7 Å². The summed E-state index contributed by atoms with van der Waals surface area (Å²) in [6.07, 6.45) is 8.43. The number of hydrogen-bond acceptors (Lipinski definition) is 20. The van der Waals surface area contributed by atoms with Gasteiger partial charge in [0.15, 0.2) is 31.4 Å². The molecule has 0 aromatic heterocycles. The molecule has 0 saturated carbocycles. The second-order valence-electron chi connectivity index (χ2n) is 17.4. The van der Waals surface area contributed by atoms with Gasteiger partial charge in [0.2, 0.25) is 23.6 Å². The first kappa shape index (κ1) is 79.6. The van der Waals surface area contributed by atoms with Crippen molar-refractivity contribution in [2.24, 2.45) is 17.4 Å². The Kier molecular flexibility index (Phi) is 53.3. The number of carboxylic acid groups (broad SMARTS) is 3. The van der Waals surface area contributed by atoms with Gasteiger partial charge < -0.3 is 51.5 Å². The third-order valence-corrected chi connectivity index (χ3v) is 9.79. The van der Waals surface area contributed by atoms with Gasteiger partial charge in [-0.2, -0.15) is 0 Å². The summed E-state index contributed by atoms with van der Waals surface area (Å²) in [5.74, 6) is 23.6. The van der Waals surface area contributed by atoms with Gasteiger partial charge in [0.25, 0.3) is 5.97 Å². The number of aliphatic hydroxyl groups excluding tert-OH is 1. The van der Waals surface area contributed by atoms with E-state index in [0.717, 1.165) is 19.8 Å². The van der Waals surface area contributed by atoms with E-state index in [-0.39, 0.29) is 114 Å². The van der Waals surface area contributed by atoms with Crippen molar-refractivity contribution in [1.29, 1.82) is 0 Å². The molecule has 0 saturated heterocycles. The van der Waals surface area contributed by atoms with Crippen molar-refractivity contribution in [1.82, 2.24) is 21.8 Å². The number of ether oxygens (including phenoxy) is 2. The van der Waals surface area contributed by atoms with Crippen LogP contribution in [0.3, 0.4) is 0 Å². The number of nitrogens with one attached hydrogen (secondary N) is 4. The molecule has 12 N–H and O–H groups in total. The molecule has 0 spiro atoms. The summed E-state index contributed by atoms with van der Waals surface area (Å²) in [5, 5.41) is 35.7. The van der Waals surface area contributed by atoms with Gasteiger partial charge in [0.05, 0.1) is 5.92 Å². The molecular weight excluding hydrogens is 1100 g/mol. The summed E-state index contributed by atoms with van der Waals surface area (Å²) in [4.78, 5) is 148. The molecule has 462 valence electrons. The molecule has 3 atom stereocenters. The lowest BCUT2D eigenvalue weighted by molar-refractivity contribution is -0.149. The van der Waals surface area contributed by atoms with E-state index >= 15 is 0 Å². The second-order valence-corrected chi connectivity index (χ2v) is 17.4. The van der Waals surface area contributed by atoms with E-state index in [1.54, 1.807) is 0 Å². The van der Waals surface area contributed by atoms with Crippen LogP contribution in [0.1, 0.15) is 149 Å². The highest BCUT2D eigenvalue weighted by Gasteiger charge is 2.21. The number of aliphatic hydroxyl groups is 1. The molecule has 27 heteroatoms. The molecule has 0 bridgehead atoms. The number of carbonyl (C=O) groups excluding carboxylic acids is 9. The van der Waals surface area contributed by atoms with Crippen LogP contribution in [0.25, 0.3) is 0 Å². The number of nitrogens with two attached hydrogens (primary N) is 2. The smallest absolute Gasteiger partial charge is 0.332 e. The predicted octanol–water partition coefficient (Wildman–Crippen LogP) is 0.411. The lowest BCUT2D eigenvalue weighted by Gasteiger charge is -2.15. The van der Waals surface area contributed by atoms with Crippen molar-refractivity contribution < 1.29 is 102 Å². The van der Waals surface area contributed by atoms with Gasteiger partial charge in [-0.05, 0) is 99.4 Å². The van der Waals surface area contributed by atoms with E-state index in [4.69, 9.17) is 55.8 Å². The molecule has 1 aliphatic heterocycles. The van der Waals surface area contributed by atoms with Crippen LogP contribution < -0.4 is 33.2 Å². The monoisotopic (exact) mass is 1180 g/mol. The number of aliphatic carboxylic acids is 3. The first-order valence-electron chi connectivity index (χ1n) is 26.5. The fourth-order valence-electron chi connectivity index (χ4n) is 5.90. The van der Waals surface area contributed by atoms with Crippen LogP contribution in [0.15, 0.2) is 0 Å². The molecule has 0 aromatic carbocycles. The number of unbranched alkanes of at least 4 members (excludes halogenated alkanes) is 3. The van der Waals surface area contributed by atoms with Gasteiger partial charge in [-0.25, -0.2) is 26.0 Å². The highest BCUT2D eigenvalue weighted by atomic mass is 16.7. The van der Waals surface area contributed by atoms with Crippen molar-refractivity contribution in [3.8, 4) is 71.0 Å². The normalized spacial score (nSPS) is 13.6. The summed E-state index contributed by atoms with van der Waals surface area (Å²) in [7, 11) is 0. The van der Waals surface area contributed by atoms with E-state index in [1.807, 2.05) is 5.48 Å². The van der Waals surface area contributed by atoms with Crippen LogP contribution in [0, 0.1) is 77.0 Å². The van der Waals surface area contributed by atoms with Crippen LogP contribution in [0.5, 0.6) is 0 Å². The largest absolute Gasteiger partial charge is 0.481 e. The fraction of sp³-hybridized carbons (Fsp3) is 0.579. The Morgan fingerprint density at radius 2 is 1.36 bits per heavy atom. The third kappa shape index (κ3) is 59.5. The maximum absolute atomic E-state index is 12.1. The number of ketones is 3. The Balaban J connectivity index is -0.00000113. The Labute approximate surface area is 489 Å². The zero-order chi connectivity index (χ0) is 63.6. The number of hydroxylamine groups is 3. The minimum atomic E-state index is -1.19. The standard InChI is InChI=1S/C20H27NO7.C19H24N2O6.C16H23N3O6.C2H4O2/c1-16(23)14-17(20(26)27)10-6-5-7-11-18(24)15-28-21-19(25)12-8-3-2-4-9-13-22;1-15(22)20-17-11-7-5-6-10-16(23)14-27-21-18(24)12-8-3-2-4-9-13-26-19(17)25;17-10-6-5-8-13(18)16(23)24-11-7-3-1-2-4-9-14(20)19-25-12-15(21)22;1-2(3)4/h17,22H,5-8,10-15H2,1H3,(H,21,25)(H,26,27);17H,5-8,10-14H2,1H3,(H,20,22)(H,21,24);13H,4-6,8-12,17-18H2,(H,19,20)(H,21,22);1H3,(H,3,4). The lowest BCUT2D eigenvalue weighted by Crippen LogP contribution is -2.40. The van der Waals surface area contributed by atoms with Gasteiger partial charge in [0, 0.05) is 71.6 Å². The maximum atomic E-state index is 12.1. The Morgan fingerprint density at radius 1 is 0.750 bits per heavy atom. The number of hydrogen-bond donors (Lipinski definition) is 10. The first-order valence-corrected chi connectivity index (χ1v) is 26.5. The van der Waals surface area contributed by atoms with E-state index in [0.29, 0.717) is 70.8 Å². The molecule has 0 radical (unpaired) electrons. The quantitative estimate of drug-likeness (QED) is 0.0243. The number of rotatable bonds is 26. The zero-order valence-electron chi connectivity index (χ0n) is 47.7. The number of carbonyl (C=O) groups is 12. The van der Waals surface area contributed by atoms with Crippen LogP contribution in [0.2, 0.25) is 0 Å². The first-order chi connectivity index (χ1) is 40.0. The average molecular weight is 1180 g/mol. The molecule has 4 amide bonds. The van der Waals surface area contributed by atoms with Gasteiger partial charge in [-0.1, -0.05) is 55.8 Å². The summed E-state index contributed by atoms with van der Waals surface area (Å²) < 4.78 is 9.92. The Hall–Kier alpha value is -8.64. The number of esters is 2. The molecule has 0 aliphatic carbocycles. The van der Waals surface area contributed by atoms with Crippen LogP contribution >= 0.6 is 0 Å². The molecular formula is C57H78N6O21. The molecule has 3 unspecified atom stereocenters. The summed E-state index contributed by atoms with van der Waals surface area (Å²) in [5.41, 5.74) is 17.3. The summed E-state index contributed by atoms with van der Waals surface area (Å²) in [6, 6.07) is -1.42.